The number of para-hydroxylation sites is 2. The minimum Gasteiger partial charge on any atom is -0.322 e. The van der Waals surface area contributed by atoms with Gasteiger partial charge in [0, 0.05) is 40.7 Å². The topological polar surface area (TPSA) is 24.3 Å². The summed E-state index contributed by atoms with van der Waals surface area (Å²) in [4.78, 5) is 9.84. The smallest absolute Gasteiger partial charge is 0.127 e. The van der Waals surface area contributed by atoms with E-state index < -0.39 is 0 Å². The van der Waals surface area contributed by atoms with Crippen LogP contribution in [0.4, 0.5) is 4.39 Å². The largest absolute Gasteiger partial charge is 0.322 e. The van der Waals surface area contributed by atoms with Crippen molar-refractivity contribution in [2.45, 2.75) is 26.1 Å². The highest BCUT2D eigenvalue weighted by atomic mass is 79.9. The van der Waals surface area contributed by atoms with Crippen LogP contribution in [0.1, 0.15) is 23.4 Å². The van der Waals surface area contributed by atoms with Crippen LogP contribution < -0.4 is 0 Å². The first-order chi connectivity index (χ1) is 16.5. The van der Waals surface area contributed by atoms with Gasteiger partial charge in [-0.3, -0.25) is 9.80 Å². The highest BCUT2D eigenvalue weighted by molar-refractivity contribution is 9.10. The second kappa shape index (κ2) is 10.7. The number of nitrogens with zero attached hydrogens (tertiary/aromatic N) is 4. The van der Waals surface area contributed by atoms with Crippen molar-refractivity contribution < 1.29 is 4.39 Å². The lowest BCUT2D eigenvalue weighted by Crippen LogP contribution is -2.31. The van der Waals surface area contributed by atoms with Gasteiger partial charge in [0.2, 0.25) is 0 Å². The van der Waals surface area contributed by atoms with Crippen molar-refractivity contribution in [1.29, 1.82) is 0 Å². The van der Waals surface area contributed by atoms with Gasteiger partial charge in [-0.05, 0) is 67.5 Å². The molecule has 4 aromatic rings. The Hall–Kier alpha value is -2.06. The fourth-order valence-electron chi connectivity index (χ4n) is 4.64. The molecule has 1 saturated heterocycles. The van der Waals surface area contributed by atoms with E-state index in [9.17, 15) is 4.39 Å². The van der Waals surface area contributed by atoms with Crippen LogP contribution in [0.25, 0.3) is 11.0 Å². The Morgan fingerprint density at radius 1 is 0.765 bits per heavy atom. The summed E-state index contributed by atoms with van der Waals surface area (Å²) in [6.07, 6.45) is 1.06. The molecule has 0 aliphatic carbocycles. The molecule has 1 aromatic heterocycles. The first kappa shape index (κ1) is 23.7. The van der Waals surface area contributed by atoms with Crippen molar-refractivity contribution >= 4 is 42.9 Å². The van der Waals surface area contributed by atoms with Crippen LogP contribution in [0.2, 0.25) is 0 Å². The van der Waals surface area contributed by atoms with Gasteiger partial charge in [0.1, 0.15) is 11.6 Å². The Balaban J connectivity index is 1.31. The van der Waals surface area contributed by atoms with E-state index >= 15 is 0 Å². The quantitative estimate of drug-likeness (QED) is 0.260. The zero-order chi connectivity index (χ0) is 23.5. The zero-order valence-corrected chi connectivity index (χ0v) is 22.1. The number of fused-ring (bicyclic) bond motifs is 1. The third kappa shape index (κ3) is 5.60. The number of benzene rings is 3. The number of hydrogen-bond acceptors (Lipinski definition) is 3. The van der Waals surface area contributed by atoms with E-state index in [4.69, 9.17) is 4.98 Å². The van der Waals surface area contributed by atoms with Crippen LogP contribution >= 0.6 is 31.9 Å². The van der Waals surface area contributed by atoms with Crippen LogP contribution in [0, 0.1) is 5.82 Å². The molecule has 0 atom stereocenters. The lowest BCUT2D eigenvalue weighted by atomic mass is 10.2. The number of hydrogen-bond donors (Lipinski definition) is 0. The van der Waals surface area contributed by atoms with Gasteiger partial charge in [-0.1, -0.05) is 56.1 Å². The van der Waals surface area contributed by atoms with E-state index in [2.05, 4.69) is 88.7 Å². The molecule has 5 rings (SSSR count). The van der Waals surface area contributed by atoms with Gasteiger partial charge in [0.15, 0.2) is 0 Å². The summed E-state index contributed by atoms with van der Waals surface area (Å²) < 4.78 is 18.6. The average molecular weight is 586 g/mol. The Morgan fingerprint density at radius 3 is 2.26 bits per heavy atom. The fourth-order valence-corrected chi connectivity index (χ4v) is 5.31. The molecule has 0 spiro atoms. The lowest BCUT2D eigenvalue weighted by Gasteiger charge is -2.22. The summed E-state index contributed by atoms with van der Waals surface area (Å²) in [5.74, 6) is 0.960. The number of imidazole rings is 1. The summed E-state index contributed by atoms with van der Waals surface area (Å²) in [7, 11) is 0. The highest BCUT2D eigenvalue weighted by Gasteiger charge is 2.19. The van der Waals surface area contributed by atoms with Crippen LogP contribution in [-0.4, -0.2) is 45.5 Å². The van der Waals surface area contributed by atoms with E-state index in [1.807, 2.05) is 12.1 Å². The Morgan fingerprint density at radius 2 is 1.47 bits per heavy atom. The maximum Gasteiger partial charge on any atom is 0.127 e. The van der Waals surface area contributed by atoms with Gasteiger partial charge < -0.3 is 4.57 Å². The zero-order valence-electron chi connectivity index (χ0n) is 18.9. The standard InChI is InChI=1S/C27H27Br2FN4/c28-22-8-6-20(7-9-22)17-34-26-5-2-1-4-25(26)31-27(34)19-33-13-3-12-32(14-15-33)18-21-16-23(29)10-11-24(21)30/h1-2,4-11,16H,3,12-15,17-19H2. The number of halogens is 3. The molecule has 0 bridgehead atoms. The molecular formula is C27H27Br2FN4. The highest BCUT2D eigenvalue weighted by Crippen LogP contribution is 2.22. The first-order valence-electron chi connectivity index (χ1n) is 11.6. The summed E-state index contributed by atoms with van der Waals surface area (Å²) in [6.45, 7) is 6.09. The van der Waals surface area contributed by atoms with Gasteiger partial charge in [0.25, 0.3) is 0 Å². The van der Waals surface area contributed by atoms with Gasteiger partial charge >= 0.3 is 0 Å². The molecule has 7 heteroatoms. The molecule has 0 amide bonds. The molecule has 1 aliphatic heterocycles. The lowest BCUT2D eigenvalue weighted by molar-refractivity contribution is 0.240. The molecule has 4 nitrogen and oxygen atoms in total. The average Bonchev–Trinajstić information content (AvgIpc) is 3.01. The molecule has 1 aliphatic rings. The van der Waals surface area contributed by atoms with Crippen LogP contribution in [0.5, 0.6) is 0 Å². The molecule has 0 radical (unpaired) electrons. The van der Waals surface area contributed by atoms with Crippen LogP contribution in [0.3, 0.4) is 0 Å². The normalized spacial score (nSPS) is 15.6. The molecule has 2 heterocycles. The number of aromatic nitrogens is 2. The monoisotopic (exact) mass is 584 g/mol. The van der Waals surface area contributed by atoms with E-state index in [-0.39, 0.29) is 5.82 Å². The van der Waals surface area contributed by atoms with E-state index in [1.165, 1.54) is 11.1 Å². The van der Waals surface area contributed by atoms with Crippen molar-refractivity contribution in [3.05, 3.63) is 98.4 Å². The summed E-state index contributed by atoms with van der Waals surface area (Å²) in [5, 5.41) is 0. The van der Waals surface area contributed by atoms with Gasteiger partial charge in [-0.15, -0.1) is 0 Å². The van der Waals surface area contributed by atoms with Crippen molar-refractivity contribution in [2.24, 2.45) is 0 Å². The minimum atomic E-state index is -0.133. The van der Waals surface area contributed by atoms with Crippen LogP contribution in [0.15, 0.2) is 75.7 Å². The molecule has 0 unspecified atom stereocenters. The number of rotatable bonds is 6. The fraction of sp³-hybridized carbons (Fsp3) is 0.296. The van der Waals surface area contributed by atoms with E-state index in [1.54, 1.807) is 12.1 Å². The SMILES string of the molecule is Fc1ccc(Br)cc1CN1CCCN(Cc2nc3ccccc3n2Cc2ccc(Br)cc2)CC1. The van der Waals surface area contributed by atoms with Gasteiger partial charge in [0.05, 0.1) is 17.6 Å². The Labute approximate surface area is 216 Å². The van der Waals surface area contributed by atoms with E-state index in [0.29, 0.717) is 6.54 Å². The molecule has 176 valence electrons. The predicted octanol–water partition coefficient (Wildman–Crippen LogP) is 6.46. The Kier molecular flexibility index (Phi) is 7.44. The molecule has 1 fully saturated rings. The van der Waals surface area contributed by atoms with E-state index in [0.717, 1.165) is 71.5 Å². The van der Waals surface area contributed by atoms with Crippen molar-refractivity contribution in [1.82, 2.24) is 19.4 Å². The third-order valence-electron chi connectivity index (χ3n) is 6.44. The minimum absolute atomic E-state index is 0.133. The first-order valence-corrected chi connectivity index (χ1v) is 13.2. The van der Waals surface area contributed by atoms with Crippen LogP contribution in [-0.2, 0) is 19.6 Å². The summed E-state index contributed by atoms with van der Waals surface area (Å²) in [6, 6.07) is 22.1. The predicted molar refractivity (Wildman–Crippen MR) is 142 cm³/mol. The summed E-state index contributed by atoms with van der Waals surface area (Å²) in [5.41, 5.74) is 4.21. The molecule has 0 N–H and O–H groups in total. The van der Waals surface area contributed by atoms with Crippen molar-refractivity contribution in [3.63, 3.8) is 0 Å². The molecule has 3 aromatic carbocycles. The second-order valence-corrected chi connectivity index (χ2v) is 10.7. The van der Waals surface area contributed by atoms with Crippen molar-refractivity contribution in [2.75, 3.05) is 26.2 Å². The molecule has 0 saturated carbocycles. The second-order valence-electron chi connectivity index (χ2n) is 8.87. The van der Waals surface area contributed by atoms with Gasteiger partial charge in [-0.2, -0.15) is 0 Å². The maximum atomic E-state index is 14.3. The third-order valence-corrected chi connectivity index (χ3v) is 7.46. The molecule has 34 heavy (non-hydrogen) atoms. The maximum absolute atomic E-state index is 14.3. The molecular weight excluding hydrogens is 559 g/mol. The Bertz CT molecular complexity index is 1270. The summed E-state index contributed by atoms with van der Waals surface area (Å²) >= 11 is 7.00. The van der Waals surface area contributed by atoms with Crippen molar-refractivity contribution in [3.8, 4) is 0 Å². The van der Waals surface area contributed by atoms with Gasteiger partial charge in [-0.25, -0.2) is 9.37 Å².